The van der Waals surface area contributed by atoms with E-state index >= 15 is 0 Å². The van der Waals surface area contributed by atoms with E-state index in [1.165, 1.54) is 16.4 Å². The van der Waals surface area contributed by atoms with Crippen molar-refractivity contribution in [1.82, 2.24) is 9.62 Å². The Kier molecular flexibility index (Phi) is 6.34. The highest BCUT2D eigenvalue weighted by molar-refractivity contribution is 7.89. The topological polar surface area (TPSA) is 66.5 Å². The highest BCUT2D eigenvalue weighted by Crippen LogP contribution is 2.34. The van der Waals surface area contributed by atoms with Gasteiger partial charge in [0.1, 0.15) is 5.82 Å². The SMILES string of the molecule is Cc1cc(C)c(S(=O)(=O)N2CCC[C@@](C)(C(=O)NCc3cccc(F)c3)C2)cc1C. The Morgan fingerprint density at radius 3 is 2.53 bits per heavy atom. The number of nitrogens with one attached hydrogen (secondary N) is 1. The average Bonchev–Trinajstić information content (AvgIpc) is 2.69. The molecule has 5 nitrogen and oxygen atoms in total. The molecule has 1 amide bonds. The molecule has 0 aliphatic carbocycles. The maximum atomic E-state index is 13.4. The molecule has 1 fully saturated rings. The summed E-state index contributed by atoms with van der Waals surface area (Å²) in [6.07, 6.45) is 1.20. The summed E-state index contributed by atoms with van der Waals surface area (Å²) in [4.78, 5) is 13.2. The number of halogens is 1. The van der Waals surface area contributed by atoms with Gasteiger partial charge in [-0.05, 0) is 81.0 Å². The zero-order valence-corrected chi connectivity index (χ0v) is 18.8. The van der Waals surface area contributed by atoms with E-state index in [-0.39, 0.29) is 24.8 Å². The number of aryl methyl sites for hydroxylation is 3. The molecule has 30 heavy (non-hydrogen) atoms. The number of carbonyl (C=O) groups is 1. The van der Waals surface area contributed by atoms with Crippen LogP contribution in [0.15, 0.2) is 41.3 Å². The zero-order valence-electron chi connectivity index (χ0n) is 18.0. The Labute approximate surface area is 178 Å². The van der Waals surface area contributed by atoms with E-state index in [1.807, 2.05) is 19.9 Å². The second-order valence-electron chi connectivity index (χ2n) is 8.52. The van der Waals surface area contributed by atoms with Gasteiger partial charge in [0, 0.05) is 19.6 Å². The first kappa shape index (κ1) is 22.4. The molecule has 1 heterocycles. The summed E-state index contributed by atoms with van der Waals surface area (Å²) < 4.78 is 41.5. The lowest BCUT2D eigenvalue weighted by molar-refractivity contribution is -0.132. The molecule has 1 aliphatic rings. The highest BCUT2D eigenvalue weighted by Gasteiger charge is 2.42. The third-order valence-corrected chi connectivity index (χ3v) is 7.95. The third kappa shape index (κ3) is 4.57. The van der Waals surface area contributed by atoms with Crippen molar-refractivity contribution in [2.75, 3.05) is 13.1 Å². The molecule has 1 N–H and O–H groups in total. The molecular formula is C23H29FN2O3S. The largest absolute Gasteiger partial charge is 0.352 e. The Bertz CT molecular complexity index is 1070. The second kappa shape index (κ2) is 8.47. The minimum absolute atomic E-state index is 0.122. The Morgan fingerprint density at radius 2 is 1.83 bits per heavy atom. The molecule has 0 aromatic heterocycles. The van der Waals surface area contributed by atoms with Crippen LogP contribution < -0.4 is 5.32 Å². The molecule has 0 saturated carbocycles. The number of piperidine rings is 1. The van der Waals surface area contributed by atoms with Crippen LogP contribution in [0.3, 0.4) is 0 Å². The predicted octanol–water partition coefficient (Wildman–Crippen LogP) is 3.86. The van der Waals surface area contributed by atoms with E-state index in [0.29, 0.717) is 35.4 Å². The summed E-state index contributed by atoms with van der Waals surface area (Å²) in [6, 6.07) is 9.67. The fraction of sp³-hybridized carbons (Fsp3) is 0.435. The van der Waals surface area contributed by atoms with Crippen LogP contribution in [0.25, 0.3) is 0 Å². The van der Waals surface area contributed by atoms with Gasteiger partial charge in [0.25, 0.3) is 0 Å². The van der Waals surface area contributed by atoms with Gasteiger partial charge in [0.05, 0.1) is 10.3 Å². The fourth-order valence-corrected chi connectivity index (χ4v) is 5.87. The fourth-order valence-electron chi connectivity index (χ4n) is 3.98. The van der Waals surface area contributed by atoms with Crippen LogP contribution in [0.4, 0.5) is 4.39 Å². The summed E-state index contributed by atoms with van der Waals surface area (Å²) in [6.45, 7) is 8.16. The smallest absolute Gasteiger partial charge is 0.243 e. The molecule has 162 valence electrons. The lowest BCUT2D eigenvalue weighted by atomic mass is 9.82. The highest BCUT2D eigenvalue weighted by atomic mass is 32.2. The molecule has 0 radical (unpaired) electrons. The molecular weight excluding hydrogens is 403 g/mol. The van der Waals surface area contributed by atoms with Crippen molar-refractivity contribution in [1.29, 1.82) is 0 Å². The normalized spacial score (nSPS) is 20.2. The number of nitrogens with zero attached hydrogens (tertiary/aromatic N) is 1. The maximum Gasteiger partial charge on any atom is 0.243 e. The first-order valence-electron chi connectivity index (χ1n) is 10.1. The van der Waals surface area contributed by atoms with Crippen LogP contribution in [0.5, 0.6) is 0 Å². The van der Waals surface area contributed by atoms with Crippen molar-refractivity contribution in [3.8, 4) is 0 Å². The van der Waals surface area contributed by atoms with E-state index in [2.05, 4.69) is 5.32 Å². The van der Waals surface area contributed by atoms with Crippen molar-refractivity contribution < 1.29 is 17.6 Å². The molecule has 7 heteroatoms. The van der Waals surface area contributed by atoms with Crippen LogP contribution in [0.2, 0.25) is 0 Å². The molecule has 1 aliphatic heterocycles. The maximum absolute atomic E-state index is 13.4. The molecule has 0 bridgehead atoms. The number of rotatable bonds is 5. The molecule has 0 spiro atoms. The minimum atomic E-state index is -3.71. The number of amides is 1. The Balaban J connectivity index is 1.78. The number of carbonyl (C=O) groups excluding carboxylic acids is 1. The standard InChI is InChI=1S/C23H29FN2O3S/c1-16-11-18(3)21(12-17(16)2)30(28,29)26-10-6-9-23(4,15-26)22(27)25-14-19-7-5-8-20(24)13-19/h5,7-8,11-13H,6,9-10,14-15H2,1-4H3,(H,25,27)/t23-/m1/s1. The first-order valence-corrected chi connectivity index (χ1v) is 11.6. The molecule has 1 atom stereocenters. The van der Waals surface area contributed by atoms with E-state index < -0.39 is 15.4 Å². The van der Waals surface area contributed by atoms with Crippen LogP contribution in [0.1, 0.15) is 42.0 Å². The lowest BCUT2D eigenvalue weighted by Gasteiger charge is -2.38. The summed E-state index contributed by atoms with van der Waals surface area (Å²) in [5, 5.41) is 2.85. The second-order valence-corrected chi connectivity index (χ2v) is 10.4. The van der Waals surface area contributed by atoms with E-state index in [0.717, 1.165) is 11.1 Å². The van der Waals surface area contributed by atoms with Crippen molar-refractivity contribution in [3.63, 3.8) is 0 Å². The minimum Gasteiger partial charge on any atom is -0.352 e. The predicted molar refractivity (Wildman–Crippen MR) is 115 cm³/mol. The Hall–Kier alpha value is -2.25. The summed E-state index contributed by atoms with van der Waals surface area (Å²) in [5.74, 6) is -0.574. The van der Waals surface area contributed by atoms with Crippen molar-refractivity contribution in [2.24, 2.45) is 5.41 Å². The van der Waals surface area contributed by atoms with Crippen molar-refractivity contribution in [2.45, 2.75) is 52.0 Å². The average molecular weight is 433 g/mol. The van der Waals surface area contributed by atoms with E-state index in [4.69, 9.17) is 0 Å². The van der Waals surface area contributed by atoms with Crippen molar-refractivity contribution >= 4 is 15.9 Å². The van der Waals surface area contributed by atoms with Crippen molar-refractivity contribution in [3.05, 3.63) is 64.5 Å². The molecule has 2 aromatic rings. The van der Waals surface area contributed by atoms with Gasteiger partial charge in [-0.25, -0.2) is 12.8 Å². The molecule has 2 aromatic carbocycles. The zero-order chi connectivity index (χ0) is 22.1. The molecule has 3 rings (SSSR count). The van der Waals surface area contributed by atoms with Gasteiger partial charge >= 0.3 is 0 Å². The Morgan fingerprint density at radius 1 is 1.13 bits per heavy atom. The van der Waals surface area contributed by atoms with Crippen LogP contribution in [-0.2, 0) is 21.4 Å². The lowest BCUT2D eigenvalue weighted by Crippen LogP contribution is -2.51. The van der Waals surface area contributed by atoms with E-state index in [1.54, 1.807) is 32.0 Å². The van der Waals surface area contributed by atoms with Gasteiger partial charge in [-0.3, -0.25) is 4.79 Å². The van der Waals surface area contributed by atoms with Gasteiger partial charge in [0.15, 0.2) is 0 Å². The van der Waals surface area contributed by atoms with Gasteiger partial charge in [0.2, 0.25) is 15.9 Å². The van der Waals surface area contributed by atoms with Gasteiger partial charge in [-0.2, -0.15) is 4.31 Å². The third-order valence-electron chi connectivity index (χ3n) is 5.96. The number of sulfonamides is 1. The monoisotopic (exact) mass is 432 g/mol. The molecule has 0 unspecified atom stereocenters. The quantitative estimate of drug-likeness (QED) is 0.780. The summed E-state index contributed by atoms with van der Waals surface area (Å²) in [5.41, 5.74) is 2.50. The number of hydrogen-bond acceptors (Lipinski definition) is 3. The summed E-state index contributed by atoms with van der Waals surface area (Å²) in [7, 11) is -3.71. The number of hydrogen-bond donors (Lipinski definition) is 1. The van der Waals surface area contributed by atoms with E-state index in [9.17, 15) is 17.6 Å². The summed E-state index contributed by atoms with van der Waals surface area (Å²) >= 11 is 0. The van der Waals surface area contributed by atoms with Crippen LogP contribution in [-0.4, -0.2) is 31.7 Å². The van der Waals surface area contributed by atoms with Gasteiger partial charge in [-0.15, -0.1) is 0 Å². The van der Waals surface area contributed by atoms with Crippen LogP contribution >= 0.6 is 0 Å². The van der Waals surface area contributed by atoms with Gasteiger partial charge in [-0.1, -0.05) is 18.2 Å². The van der Waals surface area contributed by atoms with Gasteiger partial charge < -0.3 is 5.32 Å². The van der Waals surface area contributed by atoms with Crippen LogP contribution in [0, 0.1) is 32.0 Å². The number of benzene rings is 2. The first-order chi connectivity index (χ1) is 14.0. The molecule has 1 saturated heterocycles.